The number of para-hydroxylation sites is 1. The van der Waals surface area contributed by atoms with Gasteiger partial charge >= 0.3 is 5.69 Å². The number of hydrogen-bond donors (Lipinski definition) is 3. The van der Waals surface area contributed by atoms with Crippen LogP contribution in [0.4, 0.5) is 28.7 Å². The van der Waals surface area contributed by atoms with E-state index < -0.39 is 4.92 Å². The molecule has 0 aliphatic carbocycles. The van der Waals surface area contributed by atoms with Gasteiger partial charge in [0.1, 0.15) is 6.33 Å². The minimum absolute atomic E-state index is 0.0588. The number of nitro groups is 1. The fourth-order valence-electron chi connectivity index (χ4n) is 2.06. The quantitative estimate of drug-likeness (QED) is 0.417. The average Bonchev–Trinajstić information content (AvgIpc) is 2.62. The predicted molar refractivity (Wildman–Crippen MR) is 99.8 cm³/mol. The van der Waals surface area contributed by atoms with Crippen molar-refractivity contribution in [3.8, 4) is 0 Å². The van der Waals surface area contributed by atoms with Gasteiger partial charge in [0.15, 0.2) is 0 Å². The van der Waals surface area contributed by atoms with E-state index in [1.54, 1.807) is 12.1 Å². The molecule has 2 aromatic carbocycles. The second-order valence-corrected chi connectivity index (χ2v) is 5.84. The van der Waals surface area contributed by atoms with Gasteiger partial charge in [-0.05, 0) is 36.4 Å². The number of aromatic nitrogens is 2. The van der Waals surface area contributed by atoms with E-state index in [4.69, 9.17) is 0 Å². The van der Waals surface area contributed by atoms with Gasteiger partial charge in [0.05, 0.1) is 10.6 Å². The van der Waals surface area contributed by atoms with Crippen LogP contribution in [0, 0.1) is 10.1 Å². The van der Waals surface area contributed by atoms with Crippen LogP contribution in [0.15, 0.2) is 65.4 Å². The van der Waals surface area contributed by atoms with Gasteiger partial charge in [0, 0.05) is 10.2 Å². The molecule has 3 rings (SSSR count). The molecule has 9 heteroatoms. The molecule has 0 spiro atoms. The molecule has 3 N–H and O–H groups in total. The minimum Gasteiger partial charge on any atom is -0.334 e. The van der Waals surface area contributed by atoms with Crippen molar-refractivity contribution in [3.05, 3.63) is 75.5 Å². The van der Waals surface area contributed by atoms with Gasteiger partial charge in [-0.3, -0.25) is 21.0 Å². The Balaban J connectivity index is 1.86. The largest absolute Gasteiger partial charge is 0.355 e. The molecule has 0 amide bonds. The number of anilines is 4. The molecule has 0 aliphatic heterocycles. The molecule has 0 unspecified atom stereocenters. The van der Waals surface area contributed by atoms with Crippen molar-refractivity contribution in [3.63, 3.8) is 0 Å². The first-order valence-corrected chi connectivity index (χ1v) is 8.02. The van der Waals surface area contributed by atoms with Gasteiger partial charge in [-0.25, -0.2) is 9.97 Å². The third-order valence-electron chi connectivity index (χ3n) is 3.21. The fourth-order valence-corrected chi connectivity index (χ4v) is 2.32. The monoisotopic (exact) mass is 400 g/mol. The fraction of sp³-hybridized carbons (Fsp3) is 0. The normalized spacial score (nSPS) is 10.1. The second kappa shape index (κ2) is 7.58. The zero-order valence-electron chi connectivity index (χ0n) is 12.8. The molecule has 1 heterocycles. The summed E-state index contributed by atoms with van der Waals surface area (Å²) in [5, 5.41) is 14.4. The molecule has 8 nitrogen and oxygen atoms in total. The summed E-state index contributed by atoms with van der Waals surface area (Å²) >= 11 is 3.34. The molecule has 25 heavy (non-hydrogen) atoms. The van der Waals surface area contributed by atoms with E-state index >= 15 is 0 Å². The molecule has 3 aromatic rings. The number of rotatable bonds is 6. The van der Waals surface area contributed by atoms with Crippen molar-refractivity contribution < 1.29 is 4.92 Å². The van der Waals surface area contributed by atoms with E-state index in [0.29, 0.717) is 5.69 Å². The molecule has 0 atom stereocenters. The lowest BCUT2D eigenvalue weighted by molar-refractivity contribution is -0.383. The lowest BCUT2D eigenvalue weighted by Crippen LogP contribution is -2.13. The number of halogens is 1. The van der Waals surface area contributed by atoms with Crippen LogP contribution < -0.4 is 16.2 Å². The Kier molecular flexibility index (Phi) is 5.05. The third kappa shape index (κ3) is 4.21. The zero-order valence-corrected chi connectivity index (χ0v) is 14.4. The smallest absolute Gasteiger partial charge is 0.334 e. The lowest BCUT2D eigenvalue weighted by Gasteiger charge is -2.11. The maximum Gasteiger partial charge on any atom is 0.355 e. The van der Waals surface area contributed by atoms with Gasteiger partial charge in [-0.15, -0.1) is 0 Å². The Morgan fingerprint density at radius 2 is 1.56 bits per heavy atom. The SMILES string of the molecule is O=[N+]([O-])c1c(NNc2ccccc2)ncnc1Nc1ccc(Br)cc1. The van der Waals surface area contributed by atoms with E-state index in [1.807, 2.05) is 42.5 Å². The van der Waals surface area contributed by atoms with Crippen LogP contribution in [0.3, 0.4) is 0 Å². The van der Waals surface area contributed by atoms with Crippen molar-refractivity contribution in [1.82, 2.24) is 9.97 Å². The summed E-state index contributed by atoms with van der Waals surface area (Å²) in [6.45, 7) is 0. The van der Waals surface area contributed by atoms with Gasteiger partial charge in [-0.1, -0.05) is 34.1 Å². The van der Waals surface area contributed by atoms with E-state index in [2.05, 4.69) is 42.1 Å². The number of hydrogen-bond acceptors (Lipinski definition) is 7. The maximum absolute atomic E-state index is 11.5. The summed E-state index contributed by atoms with van der Waals surface area (Å²) < 4.78 is 0.907. The van der Waals surface area contributed by atoms with Crippen molar-refractivity contribution in [2.45, 2.75) is 0 Å². The van der Waals surface area contributed by atoms with E-state index in [0.717, 1.165) is 10.2 Å². The minimum atomic E-state index is -0.532. The molecule has 0 radical (unpaired) electrons. The van der Waals surface area contributed by atoms with Gasteiger partial charge < -0.3 is 5.32 Å². The molecule has 0 saturated carbocycles. The van der Waals surface area contributed by atoms with E-state index in [9.17, 15) is 10.1 Å². The molecule has 0 saturated heterocycles. The number of hydrazine groups is 1. The standard InChI is InChI=1S/C16H13BrN6O2/c17-11-6-8-12(9-7-11)20-15-14(23(24)25)16(19-10-18-15)22-21-13-4-2-1-3-5-13/h1-10,21H,(H2,18,19,20,22). The molecular formula is C16H13BrN6O2. The molecule has 0 aliphatic rings. The van der Waals surface area contributed by atoms with E-state index in [1.165, 1.54) is 6.33 Å². The van der Waals surface area contributed by atoms with Crippen LogP contribution in [0.25, 0.3) is 0 Å². The highest BCUT2D eigenvalue weighted by Gasteiger charge is 2.23. The molecule has 0 bridgehead atoms. The van der Waals surface area contributed by atoms with E-state index in [-0.39, 0.29) is 17.3 Å². The van der Waals surface area contributed by atoms with Crippen molar-refractivity contribution in [1.29, 1.82) is 0 Å². The van der Waals surface area contributed by atoms with Crippen molar-refractivity contribution >= 4 is 44.6 Å². The van der Waals surface area contributed by atoms with Gasteiger partial charge in [0.2, 0.25) is 11.6 Å². The summed E-state index contributed by atoms with van der Waals surface area (Å²) in [5.74, 6) is 0.156. The summed E-state index contributed by atoms with van der Waals surface area (Å²) in [5.41, 5.74) is 6.80. The summed E-state index contributed by atoms with van der Waals surface area (Å²) in [7, 11) is 0. The molecule has 126 valence electrons. The highest BCUT2D eigenvalue weighted by atomic mass is 79.9. The van der Waals surface area contributed by atoms with Crippen LogP contribution >= 0.6 is 15.9 Å². The summed E-state index contributed by atoms with van der Waals surface area (Å²) in [4.78, 5) is 18.9. The Bertz CT molecular complexity index is 874. The van der Waals surface area contributed by atoms with Gasteiger partial charge in [-0.2, -0.15) is 0 Å². The second-order valence-electron chi connectivity index (χ2n) is 4.92. The first-order valence-electron chi connectivity index (χ1n) is 7.22. The number of benzene rings is 2. The topological polar surface area (TPSA) is 105 Å². The average molecular weight is 401 g/mol. The summed E-state index contributed by atoms with van der Waals surface area (Å²) in [6, 6.07) is 16.4. The van der Waals surface area contributed by atoms with Crippen LogP contribution in [0.5, 0.6) is 0 Å². The summed E-state index contributed by atoms with van der Waals surface area (Å²) in [6.07, 6.45) is 1.25. The predicted octanol–water partition coefficient (Wildman–Crippen LogP) is 4.33. The van der Waals surface area contributed by atoms with Crippen LogP contribution in [-0.4, -0.2) is 14.9 Å². The van der Waals surface area contributed by atoms with Crippen molar-refractivity contribution in [2.75, 3.05) is 16.2 Å². The van der Waals surface area contributed by atoms with Crippen LogP contribution in [-0.2, 0) is 0 Å². The Morgan fingerprint density at radius 3 is 2.24 bits per heavy atom. The van der Waals surface area contributed by atoms with Crippen LogP contribution in [0.2, 0.25) is 0 Å². The van der Waals surface area contributed by atoms with Crippen LogP contribution in [0.1, 0.15) is 0 Å². The number of nitrogens with zero attached hydrogens (tertiary/aromatic N) is 3. The zero-order chi connectivity index (χ0) is 17.6. The first-order chi connectivity index (χ1) is 12.1. The Morgan fingerprint density at radius 1 is 0.880 bits per heavy atom. The maximum atomic E-state index is 11.5. The first kappa shape index (κ1) is 16.7. The Labute approximate surface area is 151 Å². The molecule has 1 aromatic heterocycles. The molecular weight excluding hydrogens is 388 g/mol. The van der Waals surface area contributed by atoms with Crippen molar-refractivity contribution in [2.24, 2.45) is 0 Å². The number of nitrogens with one attached hydrogen (secondary N) is 3. The lowest BCUT2D eigenvalue weighted by atomic mass is 10.3. The highest BCUT2D eigenvalue weighted by molar-refractivity contribution is 9.10. The van der Waals surface area contributed by atoms with Gasteiger partial charge in [0.25, 0.3) is 0 Å². The molecule has 0 fully saturated rings. The highest BCUT2D eigenvalue weighted by Crippen LogP contribution is 2.31. The Hall–Kier alpha value is -3.20. The third-order valence-corrected chi connectivity index (χ3v) is 3.74.